The molecule has 1 fully saturated rings. The van der Waals surface area contributed by atoms with Crippen molar-refractivity contribution < 1.29 is 32.3 Å². The minimum Gasteiger partial charge on any atom is -0.475 e. The van der Waals surface area contributed by atoms with Crippen molar-refractivity contribution in [1.29, 1.82) is 0 Å². The van der Waals surface area contributed by atoms with Crippen molar-refractivity contribution in [1.82, 2.24) is 25.0 Å². The molecule has 1 amide bonds. The van der Waals surface area contributed by atoms with E-state index in [9.17, 15) is 22.4 Å². The van der Waals surface area contributed by atoms with E-state index in [2.05, 4.69) is 38.8 Å². The highest BCUT2D eigenvalue weighted by Crippen LogP contribution is 2.41. The van der Waals surface area contributed by atoms with Crippen molar-refractivity contribution in [2.45, 2.75) is 65.2 Å². The molecule has 0 bridgehead atoms. The first-order chi connectivity index (χ1) is 17.4. The highest BCUT2D eigenvalue weighted by Gasteiger charge is 2.40. The van der Waals surface area contributed by atoms with E-state index in [0.717, 1.165) is 69.7 Å². The number of amides is 1. The fraction of sp³-hybridized carbons (Fsp3) is 0.600. The maximum Gasteiger partial charge on any atom is 0.490 e. The standard InChI is InChI=1S/C23H32FN5O.C2HF3O2/c1-17(2)8-12-25-22(30)21-27-26-20-7-9-23(16-29(20)21)10-13-28(14-11-23)15-18-3-5-19(24)6-4-18;3-2(4,5)1(6)7/h3-6,17H,7-16H2,1-2H3,(H,25,30);(H,6,7). The molecule has 2 aromatic rings. The summed E-state index contributed by atoms with van der Waals surface area (Å²) < 4.78 is 46.9. The summed E-state index contributed by atoms with van der Waals surface area (Å²) in [5.41, 5.74) is 1.36. The smallest absolute Gasteiger partial charge is 0.475 e. The maximum absolute atomic E-state index is 13.1. The van der Waals surface area contributed by atoms with Gasteiger partial charge in [-0.2, -0.15) is 13.2 Å². The molecule has 4 rings (SSSR count). The topological polar surface area (TPSA) is 100 Å². The van der Waals surface area contributed by atoms with Crippen LogP contribution in [0.15, 0.2) is 24.3 Å². The van der Waals surface area contributed by atoms with Gasteiger partial charge in [0.1, 0.15) is 11.6 Å². The Bertz CT molecular complexity index is 1060. The summed E-state index contributed by atoms with van der Waals surface area (Å²) in [6.45, 7) is 8.69. The minimum absolute atomic E-state index is 0.111. The third-order valence-corrected chi connectivity index (χ3v) is 6.89. The highest BCUT2D eigenvalue weighted by molar-refractivity contribution is 5.90. The van der Waals surface area contributed by atoms with Gasteiger partial charge in [-0.1, -0.05) is 26.0 Å². The molecule has 0 radical (unpaired) electrons. The number of nitrogens with one attached hydrogen (secondary N) is 1. The Kier molecular flexibility index (Phi) is 9.27. The number of alkyl halides is 3. The molecule has 2 aliphatic heterocycles. The number of halogens is 4. The van der Waals surface area contributed by atoms with Crippen LogP contribution in [0.5, 0.6) is 0 Å². The Labute approximate surface area is 213 Å². The number of carbonyl (C=O) groups is 2. The summed E-state index contributed by atoms with van der Waals surface area (Å²) in [6.07, 6.45) is 0.0513. The van der Waals surface area contributed by atoms with Crippen LogP contribution in [0, 0.1) is 17.2 Å². The van der Waals surface area contributed by atoms with E-state index in [0.29, 0.717) is 18.3 Å². The number of aryl methyl sites for hydroxylation is 1. The number of nitrogens with zero attached hydrogens (tertiary/aromatic N) is 4. The summed E-state index contributed by atoms with van der Waals surface area (Å²) in [5, 5.41) is 18.6. The van der Waals surface area contributed by atoms with Gasteiger partial charge in [0, 0.05) is 26.1 Å². The Morgan fingerprint density at radius 2 is 1.73 bits per heavy atom. The van der Waals surface area contributed by atoms with Gasteiger partial charge < -0.3 is 15.0 Å². The second kappa shape index (κ2) is 12.0. The van der Waals surface area contributed by atoms with Gasteiger partial charge >= 0.3 is 12.1 Å². The lowest BCUT2D eigenvalue weighted by Crippen LogP contribution is -2.44. The summed E-state index contributed by atoms with van der Waals surface area (Å²) >= 11 is 0. The molecule has 1 aromatic carbocycles. The van der Waals surface area contributed by atoms with Crippen molar-refractivity contribution in [2.75, 3.05) is 19.6 Å². The number of hydrogen-bond donors (Lipinski definition) is 2. The lowest BCUT2D eigenvalue weighted by molar-refractivity contribution is -0.192. The number of aromatic nitrogens is 3. The fourth-order valence-corrected chi connectivity index (χ4v) is 4.64. The molecule has 204 valence electrons. The first kappa shape index (κ1) is 28.5. The molecule has 3 heterocycles. The van der Waals surface area contributed by atoms with Crippen molar-refractivity contribution in [3.05, 3.63) is 47.3 Å². The zero-order valence-corrected chi connectivity index (χ0v) is 21.0. The molecule has 0 aliphatic carbocycles. The van der Waals surface area contributed by atoms with Crippen molar-refractivity contribution in [3.8, 4) is 0 Å². The van der Waals surface area contributed by atoms with Crippen molar-refractivity contribution in [2.24, 2.45) is 11.3 Å². The molecular weight excluding hydrogens is 494 g/mol. The molecule has 2 aliphatic rings. The van der Waals surface area contributed by atoms with E-state index in [-0.39, 0.29) is 17.1 Å². The number of carboxylic acid groups (broad SMARTS) is 1. The molecule has 0 atom stereocenters. The summed E-state index contributed by atoms with van der Waals surface area (Å²) in [4.78, 5) is 24.0. The largest absolute Gasteiger partial charge is 0.490 e. The number of hydrogen-bond acceptors (Lipinski definition) is 5. The number of rotatable bonds is 6. The number of aliphatic carboxylic acids is 1. The van der Waals surface area contributed by atoms with Gasteiger partial charge in [0.15, 0.2) is 0 Å². The van der Waals surface area contributed by atoms with Crippen molar-refractivity contribution in [3.63, 3.8) is 0 Å². The zero-order chi connectivity index (χ0) is 27.2. The molecule has 0 saturated carbocycles. The number of likely N-dealkylation sites (tertiary alicyclic amines) is 1. The fourth-order valence-electron chi connectivity index (χ4n) is 4.64. The van der Waals surface area contributed by atoms with Crippen LogP contribution in [-0.2, 0) is 24.3 Å². The van der Waals surface area contributed by atoms with Crippen LogP contribution in [0.4, 0.5) is 17.6 Å². The van der Waals surface area contributed by atoms with Gasteiger partial charge in [0.2, 0.25) is 5.82 Å². The quantitative estimate of drug-likeness (QED) is 0.550. The normalized spacial score (nSPS) is 17.2. The number of piperidine rings is 1. The number of carboxylic acids is 1. The Hall–Kier alpha value is -3.02. The van der Waals surface area contributed by atoms with Gasteiger partial charge in [-0.15, -0.1) is 10.2 Å². The zero-order valence-electron chi connectivity index (χ0n) is 21.0. The van der Waals surface area contributed by atoms with E-state index < -0.39 is 12.1 Å². The van der Waals surface area contributed by atoms with E-state index in [1.165, 1.54) is 12.1 Å². The third kappa shape index (κ3) is 7.98. The Morgan fingerprint density at radius 1 is 1.11 bits per heavy atom. The van der Waals surface area contributed by atoms with Crippen LogP contribution >= 0.6 is 0 Å². The Morgan fingerprint density at radius 3 is 2.30 bits per heavy atom. The first-order valence-electron chi connectivity index (χ1n) is 12.4. The molecule has 8 nitrogen and oxygen atoms in total. The molecule has 1 saturated heterocycles. The van der Waals surface area contributed by atoms with Crippen LogP contribution in [0.2, 0.25) is 0 Å². The summed E-state index contributed by atoms with van der Waals surface area (Å²) in [5.74, 6) is -1.11. The van der Waals surface area contributed by atoms with Crippen LogP contribution in [0.25, 0.3) is 0 Å². The lowest BCUT2D eigenvalue weighted by Gasteiger charge is -2.44. The molecule has 1 spiro atoms. The summed E-state index contributed by atoms with van der Waals surface area (Å²) in [6, 6.07) is 6.80. The van der Waals surface area contributed by atoms with Crippen LogP contribution < -0.4 is 5.32 Å². The van der Waals surface area contributed by atoms with E-state index in [4.69, 9.17) is 9.90 Å². The minimum atomic E-state index is -5.08. The molecule has 0 unspecified atom stereocenters. The predicted molar refractivity (Wildman–Crippen MR) is 127 cm³/mol. The monoisotopic (exact) mass is 527 g/mol. The summed E-state index contributed by atoms with van der Waals surface area (Å²) in [7, 11) is 0. The van der Waals surface area contributed by atoms with Gasteiger partial charge in [0.25, 0.3) is 5.91 Å². The molecule has 1 aromatic heterocycles. The van der Waals surface area contributed by atoms with Gasteiger partial charge in [0.05, 0.1) is 0 Å². The van der Waals surface area contributed by atoms with Gasteiger partial charge in [-0.05, 0) is 67.8 Å². The SMILES string of the molecule is CC(C)CCNC(=O)c1nnc2n1CC1(CC2)CCN(Cc2ccc(F)cc2)CC1.O=C(O)C(F)(F)F. The van der Waals surface area contributed by atoms with E-state index >= 15 is 0 Å². The third-order valence-electron chi connectivity index (χ3n) is 6.89. The highest BCUT2D eigenvalue weighted by atomic mass is 19.4. The van der Waals surface area contributed by atoms with Crippen LogP contribution in [0.3, 0.4) is 0 Å². The number of carbonyl (C=O) groups excluding carboxylic acids is 1. The van der Waals surface area contributed by atoms with E-state index in [1.807, 2.05) is 12.1 Å². The maximum atomic E-state index is 13.1. The van der Waals surface area contributed by atoms with Gasteiger partial charge in [-0.25, -0.2) is 9.18 Å². The predicted octanol–water partition coefficient (Wildman–Crippen LogP) is 4.06. The second-order valence-corrected chi connectivity index (χ2v) is 10.2. The average Bonchev–Trinajstić information content (AvgIpc) is 3.24. The van der Waals surface area contributed by atoms with Gasteiger partial charge in [-0.3, -0.25) is 9.69 Å². The Balaban J connectivity index is 0.000000479. The number of fused-ring (bicyclic) bond motifs is 1. The average molecular weight is 528 g/mol. The van der Waals surface area contributed by atoms with Crippen LogP contribution in [0.1, 0.15) is 61.5 Å². The first-order valence-corrected chi connectivity index (χ1v) is 12.4. The number of benzene rings is 1. The van der Waals surface area contributed by atoms with Crippen molar-refractivity contribution >= 4 is 11.9 Å². The molecule has 2 N–H and O–H groups in total. The molecule has 37 heavy (non-hydrogen) atoms. The molecule has 12 heteroatoms. The van der Waals surface area contributed by atoms with Crippen LogP contribution in [-0.4, -0.2) is 62.5 Å². The lowest BCUT2D eigenvalue weighted by atomic mass is 9.73. The molecular formula is C25H33F4N5O3. The second-order valence-electron chi connectivity index (χ2n) is 10.2. The van der Waals surface area contributed by atoms with E-state index in [1.54, 1.807) is 0 Å².